The summed E-state index contributed by atoms with van der Waals surface area (Å²) < 4.78 is 1.55. The number of nitrogens with one attached hydrogen (secondary N) is 1. The van der Waals surface area contributed by atoms with Gasteiger partial charge >= 0.3 is 0 Å². The van der Waals surface area contributed by atoms with Crippen LogP contribution in [-0.2, 0) is 16.0 Å². The Kier molecular flexibility index (Phi) is 6.70. The summed E-state index contributed by atoms with van der Waals surface area (Å²) in [6.07, 6.45) is 0.124. The number of hydrogen-bond acceptors (Lipinski definition) is 5. The summed E-state index contributed by atoms with van der Waals surface area (Å²) in [4.78, 5) is 42.7. The molecule has 0 fully saturated rings. The molecule has 3 aromatic carbocycles. The summed E-state index contributed by atoms with van der Waals surface area (Å²) >= 11 is 1.13. The lowest BCUT2D eigenvalue weighted by atomic mass is 10.1. The Morgan fingerprint density at radius 2 is 1.64 bits per heavy atom. The molecule has 4 rings (SSSR count). The Balaban J connectivity index is 1.60. The lowest BCUT2D eigenvalue weighted by molar-refractivity contribution is -0.128. The molecule has 0 atom stereocenters. The van der Waals surface area contributed by atoms with Crippen LogP contribution < -0.4 is 10.9 Å². The second kappa shape index (κ2) is 9.83. The fourth-order valence-electron chi connectivity index (χ4n) is 3.55. The molecule has 0 saturated carbocycles. The van der Waals surface area contributed by atoms with E-state index in [9.17, 15) is 14.4 Å². The number of carbonyl (C=O) groups is 2. The maximum atomic E-state index is 13.4. The van der Waals surface area contributed by atoms with Crippen LogP contribution >= 0.6 is 11.8 Å². The number of carbonyl (C=O) groups excluding carboxylic acids is 2. The monoisotopic (exact) mass is 457 g/mol. The molecule has 0 saturated heterocycles. The quantitative estimate of drug-likeness (QED) is 0.350. The number of rotatable bonds is 6. The van der Waals surface area contributed by atoms with Gasteiger partial charge in [0.05, 0.1) is 28.8 Å². The zero-order valence-corrected chi connectivity index (χ0v) is 19.2. The van der Waals surface area contributed by atoms with Crippen molar-refractivity contribution in [2.45, 2.75) is 25.4 Å². The smallest absolute Gasteiger partial charge is 0.266 e. The highest BCUT2D eigenvalue weighted by Gasteiger charge is 2.17. The molecule has 0 unspecified atom stereocenters. The van der Waals surface area contributed by atoms with Crippen LogP contribution in [0.1, 0.15) is 16.7 Å². The average Bonchev–Trinajstić information content (AvgIpc) is 2.81. The highest BCUT2D eigenvalue weighted by molar-refractivity contribution is 7.99. The van der Waals surface area contributed by atoms with E-state index in [1.807, 2.05) is 68.4 Å². The Bertz CT molecular complexity index is 1400. The number of nitrogens with zero attached hydrogens (tertiary/aromatic N) is 2. The van der Waals surface area contributed by atoms with Crippen molar-refractivity contribution in [1.82, 2.24) is 14.9 Å². The van der Waals surface area contributed by atoms with Crippen molar-refractivity contribution < 1.29 is 9.59 Å². The van der Waals surface area contributed by atoms with Crippen LogP contribution in [0.2, 0.25) is 0 Å². The highest BCUT2D eigenvalue weighted by atomic mass is 32.2. The minimum atomic E-state index is -0.434. The molecule has 4 aromatic rings. The Hall–Kier alpha value is -3.71. The molecular weight excluding hydrogens is 434 g/mol. The molecule has 0 aliphatic rings. The van der Waals surface area contributed by atoms with E-state index in [1.165, 1.54) is 0 Å². The van der Waals surface area contributed by atoms with Crippen LogP contribution in [0.3, 0.4) is 0 Å². The van der Waals surface area contributed by atoms with Gasteiger partial charge in [-0.2, -0.15) is 0 Å². The van der Waals surface area contributed by atoms with E-state index in [0.717, 1.165) is 34.1 Å². The molecule has 1 N–H and O–H groups in total. The Labute approximate surface area is 195 Å². The van der Waals surface area contributed by atoms with Gasteiger partial charge in [-0.05, 0) is 48.7 Å². The van der Waals surface area contributed by atoms with Gasteiger partial charge in [0.15, 0.2) is 5.16 Å². The lowest BCUT2D eigenvalue weighted by Gasteiger charge is -2.16. The van der Waals surface area contributed by atoms with Gasteiger partial charge in [0.2, 0.25) is 11.8 Å². The third-order valence-electron chi connectivity index (χ3n) is 5.38. The standard InChI is InChI=1S/C26H23N3O3S/c1-17-9-8-14-22(18(17)2)29-25(32)20-12-6-7-13-21(20)27-26(29)33-16-24(31)28-23(30)15-19-10-4-3-5-11-19/h3-14H,15-16H2,1-2H3,(H,28,30,31). The number of hydrogen-bond donors (Lipinski definition) is 1. The molecule has 0 aliphatic heterocycles. The van der Waals surface area contributed by atoms with E-state index >= 15 is 0 Å². The summed E-state index contributed by atoms with van der Waals surface area (Å²) in [5.74, 6) is -0.850. The molecule has 33 heavy (non-hydrogen) atoms. The first-order valence-corrected chi connectivity index (χ1v) is 11.5. The van der Waals surface area contributed by atoms with E-state index in [4.69, 9.17) is 0 Å². The van der Waals surface area contributed by atoms with Gasteiger partial charge in [-0.1, -0.05) is 66.4 Å². The third-order valence-corrected chi connectivity index (χ3v) is 6.32. The number of amides is 2. The SMILES string of the molecule is Cc1cccc(-n2c(SCC(=O)NC(=O)Cc3ccccc3)nc3ccccc3c2=O)c1C. The molecule has 0 aliphatic carbocycles. The predicted octanol–water partition coefficient (Wildman–Crippen LogP) is 3.98. The van der Waals surface area contributed by atoms with Crippen molar-refractivity contribution in [2.75, 3.05) is 5.75 Å². The van der Waals surface area contributed by atoms with Crippen LogP contribution in [0.4, 0.5) is 0 Å². The maximum absolute atomic E-state index is 13.4. The minimum absolute atomic E-state index is 0.0455. The normalized spacial score (nSPS) is 10.8. The van der Waals surface area contributed by atoms with Gasteiger partial charge in [0.1, 0.15) is 0 Å². The van der Waals surface area contributed by atoms with Gasteiger partial charge in [0, 0.05) is 0 Å². The summed E-state index contributed by atoms with van der Waals surface area (Å²) in [5.41, 5.74) is 3.93. The molecule has 166 valence electrons. The lowest BCUT2D eigenvalue weighted by Crippen LogP contribution is -2.33. The van der Waals surface area contributed by atoms with E-state index < -0.39 is 5.91 Å². The van der Waals surface area contributed by atoms with Crippen LogP contribution in [0.5, 0.6) is 0 Å². The number of imide groups is 1. The molecule has 0 spiro atoms. The van der Waals surface area contributed by atoms with Gasteiger partial charge in [-0.25, -0.2) is 4.98 Å². The zero-order valence-electron chi connectivity index (χ0n) is 18.4. The fourth-order valence-corrected chi connectivity index (χ4v) is 4.35. The molecular formula is C26H23N3O3S. The van der Waals surface area contributed by atoms with Gasteiger partial charge in [0.25, 0.3) is 5.56 Å². The van der Waals surface area contributed by atoms with Gasteiger partial charge in [-0.15, -0.1) is 0 Å². The molecule has 1 heterocycles. The number of aromatic nitrogens is 2. The van der Waals surface area contributed by atoms with E-state index in [1.54, 1.807) is 22.8 Å². The van der Waals surface area contributed by atoms with Crippen LogP contribution in [-0.4, -0.2) is 27.1 Å². The Morgan fingerprint density at radius 1 is 0.909 bits per heavy atom. The first-order valence-electron chi connectivity index (χ1n) is 10.5. The fraction of sp³-hybridized carbons (Fsp3) is 0.154. The maximum Gasteiger partial charge on any atom is 0.266 e. The molecule has 1 aromatic heterocycles. The third kappa shape index (κ3) is 5.04. The van der Waals surface area contributed by atoms with Crippen molar-refractivity contribution in [2.24, 2.45) is 0 Å². The Morgan fingerprint density at radius 3 is 2.42 bits per heavy atom. The summed E-state index contributed by atoms with van der Waals surface area (Å²) in [6.45, 7) is 3.94. The average molecular weight is 458 g/mol. The summed E-state index contributed by atoms with van der Waals surface area (Å²) in [7, 11) is 0. The molecule has 6 nitrogen and oxygen atoms in total. The minimum Gasteiger partial charge on any atom is -0.295 e. The number of fused-ring (bicyclic) bond motifs is 1. The molecule has 0 radical (unpaired) electrons. The van der Waals surface area contributed by atoms with Gasteiger partial charge < -0.3 is 0 Å². The molecule has 0 bridgehead atoms. The largest absolute Gasteiger partial charge is 0.295 e. The van der Waals surface area contributed by atoms with Crippen molar-refractivity contribution in [3.8, 4) is 5.69 Å². The number of aryl methyl sites for hydroxylation is 1. The van der Waals surface area contributed by atoms with Crippen molar-refractivity contribution in [3.05, 3.63) is 99.8 Å². The number of thioether (sulfide) groups is 1. The van der Waals surface area contributed by atoms with Crippen molar-refractivity contribution in [1.29, 1.82) is 0 Å². The second-order valence-corrected chi connectivity index (χ2v) is 8.64. The van der Waals surface area contributed by atoms with Crippen LogP contribution in [0.15, 0.2) is 82.7 Å². The van der Waals surface area contributed by atoms with Crippen molar-refractivity contribution >= 4 is 34.5 Å². The van der Waals surface area contributed by atoms with E-state index in [0.29, 0.717) is 16.1 Å². The predicted molar refractivity (Wildman–Crippen MR) is 131 cm³/mol. The number of para-hydroxylation sites is 1. The topological polar surface area (TPSA) is 81.1 Å². The zero-order chi connectivity index (χ0) is 23.4. The summed E-state index contributed by atoms with van der Waals surface area (Å²) in [5, 5.41) is 3.32. The van der Waals surface area contributed by atoms with Crippen LogP contribution in [0, 0.1) is 13.8 Å². The van der Waals surface area contributed by atoms with Gasteiger partial charge in [-0.3, -0.25) is 24.3 Å². The highest BCUT2D eigenvalue weighted by Crippen LogP contribution is 2.24. The van der Waals surface area contributed by atoms with E-state index in [2.05, 4.69) is 10.3 Å². The first-order chi connectivity index (χ1) is 15.9. The second-order valence-electron chi connectivity index (χ2n) is 7.69. The van der Waals surface area contributed by atoms with E-state index in [-0.39, 0.29) is 23.6 Å². The molecule has 7 heteroatoms. The van der Waals surface area contributed by atoms with Crippen LogP contribution in [0.25, 0.3) is 16.6 Å². The first kappa shape index (κ1) is 22.5. The van der Waals surface area contributed by atoms with Crippen molar-refractivity contribution in [3.63, 3.8) is 0 Å². The number of benzene rings is 3. The summed E-state index contributed by atoms with van der Waals surface area (Å²) in [6, 6.07) is 22.1. The molecule has 2 amide bonds.